The first-order valence-corrected chi connectivity index (χ1v) is 8.01. The van der Waals surface area contributed by atoms with Gasteiger partial charge in [0.05, 0.1) is 7.11 Å². The summed E-state index contributed by atoms with van der Waals surface area (Å²) in [5.74, 6) is 1.69. The maximum Gasteiger partial charge on any atom is 0.119 e. The van der Waals surface area contributed by atoms with Crippen molar-refractivity contribution in [2.45, 2.75) is 51.4 Å². The van der Waals surface area contributed by atoms with Crippen LogP contribution in [0.1, 0.15) is 51.5 Å². The molecule has 1 fully saturated rings. The number of ether oxygens (including phenoxy) is 1. The maximum absolute atomic E-state index is 5.41. The van der Waals surface area contributed by atoms with Crippen molar-refractivity contribution in [3.63, 3.8) is 0 Å². The Labute approximate surface area is 123 Å². The van der Waals surface area contributed by atoms with Crippen LogP contribution in [0.15, 0.2) is 24.3 Å². The fourth-order valence-corrected chi connectivity index (χ4v) is 3.35. The van der Waals surface area contributed by atoms with Crippen molar-refractivity contribution in [2.24, 2.45) is 5.92 Å². The highest BCUT2D eigenvalue weighted by molar-refractivity contribution is 5.34. The highest BCUT2D eigenvalue weighted by Gasteiger charge is 2.33. The highest BCUT2D eigenvalue weighted by Crippen LogP contribution is 2.40. The third-order valence-corrected chi connectivity index (χ3v) is 4.51. The number of hydrogen-bond donors (Lipinski definition) is 1. The quantitative estimate of drug-likeness (QED) is 0.842. The van der Waals surface area contributed by atoms with Crippen LogP contribution in [0.2, 0.25) is 0 Å². The molecule has 1 aliphatic rings. The van der Waals surface area contributed by atoms with Crippen molar-refractivity contribution >= 4 is 0 Å². The molecule has 1 aliphatic carbocycles. The lowest BCUT2D eigenvalue weighted by Crippen LogP contribution is -2.41. The summed E-state index contributed by atoms with van der Waals surface area (Å²) in [5.41, 5.74) is 1.76. The Morgan fingerprint density at radius 3 is 2.60 bits per heavy atom. The van der Waals surface area contributed by atoms with E-state index in [2.05, 4.69) is 37.4 Å². The number of methoxy groups -OCH3 is 1. The third kappa shape index (κ3) is 3.76. The van der Waals surface area contributed by atoms with E-state index in [9.17, 15) is 0 Å². The SMILES string of the molecule is COc1cccc(C2(CNCC(C)C)CCCCC2)c1. The molecule has 112 valence electrons. The normalized spacial score (nSPS) is 18.2. The molecule has 2 rings (SSSR count). The van der Waals surface area contributed by atoms with Gasteiger partial charge in [0.15, 0.2) is 0 Å². The second kappa shape index (κ2) is 7.12. The average Bonchev–Trinajstić information content (AvgIpc) is 2.48. The first-order chi connectivity index (χ1) is 9.66. The second-order valence-corrected chi connectivity index (χ2v) is 6.60. The molecule has 0 atom stereocenters. The molecule has 0 aliphatic heterocycles. The summed E-state index contributed by atoms with van der Waals surface area (Å²) in [6, 6.07) is 8.70. The number of benzene rings is 1. The molecular weight excluding hydrogens is 246 g/mol. The van der Waals surface area contributed by atoms with Crippen LogP contribution in [0.4, 0.5) is 0 Å². The van der Waals surface area contributed by atoms with E-state index in [-0.39, 0.29) is 0 Å². The van der Waals surface area contributed by atoms with E-state index in [4.69, 9.17) is 4.74 Å². The number of hydrogen-bond acceptors (Lipinski definition) is 2. The van der Waals surface area contributed by atoms with E-state index in [0.717, 1.165) is 18.8 Å². The van der Waals surface area contributed by atoms with Crippen LogP contribution < -0.4 is 10.1 Å². The van der Waals surface area contributed by atoms with E-state index in [1.165, 1.54) is 37.7 Å². The summed E-state index contributed by atoms with van der Waals surface area (Å²) in [4.78, 5) is 0. The average molecular weight is 275 g/mol. The van der Waals surface area contributed by atoms with Gasteiger partial charge in [0, 0.05) is 12.0 Å². The smallest absolute Gasteiger partial charge is 0.119 e. The lowest BCUT2D eigenvalue weighted by molar-refractivity contribution is 0.275. The minimum atomic E-state index is 0.307. The first kappa shape index (κ1) is 15.4. The first-order valence-electron chi connectivity index (χ1n) is 8.01. The van der Waals surface area contributed by atoms with Crippen molar-refractivity contribution in [1.29, 1.82) is 0 Å². The molecule has 0 amide bonds. The monoisotopic (exact) mass is 275 g/mol. The van der Waals surface area contributed by atoms with Crippen LogP contribution in [0.25, 0.3) is 0 Å². The minimum Gasteiger partial charge on any atom is -0.497 e. The van der Waals surface area contributed by atoms with E-state index in [1.54, 1.807) is 7.11 Å². The zero-order chi connectivity index (χ0) is 14.4. The van der Waals surface area contributed by atoms with Crippen LogP contribution in [0, 0.1) is 5.92 Å². The molecule has 0 radical (unpaired) electrons. The van der Waals surface area contributed by atoms with Gasteiger partial charge in [-0.3, -0.25) is 0 Å². The van der Waals surface area contributed by atoms with Crippen LogP contribution in [-0.4, -0.2) is 20.2 Å². The lowest BCUT2D eigenvalue weighted by atomic mass is 9.69. The number of nitrogens with one attached hydrogen (secondary N) is 1. The van der Waals surface area contributed by atoms with Crippen LogP contribution >= 0.6 is 0 Å². The molecule has 1 saturated carbocycles. The summed E-state index contributed by atoms with van der Waals surface area (Å²) in [6.07, 6.45) is 6.67. The van der Waals surface area contributed by atoms with Crippen molar-refractivity contribution < 1.29 is 4.74 Å². The van der Waals surface area contributed by atoms with Gasteiger partial charge in [-0.25, -0.2) is 0 Å². The van der Waals surface area contributed by atoms with Crippen molar-refractivity contribution in [2.75, 3.05) is 20.2 Å². The fourth-order valence-electron chi connectivity index (χ4n) is 3.35. The van der Waals surface area contributed by atoms with Gasteiger partial charge in [-0.05, 0) is 43.0 Å². The minimum absolute atomic E-state index is 0.307. The van der Waals surface area contributed by atoms with Crippen molar-refractivity contribution in [3.05, 3.63) is 29.8 Å². The highest BCUT2D eigenvalue weighted by atomic mass is 16.5. The van der Waals surface area contributed by atoms with E-state index in [0.29, 0.717) is 11.3 Å². The predicted molar refractivity (Wildman–Crippen MR) is 85.5 cm³/mol. The Bertz CT molecular complexity index is 408. The molecular formula is C18H29NO. The standard InChI is InChI=1S/C18H29NO/c1-15(2)13-19-14-18(10-5-4-6-11-18)16-8-7-9-17(12-16)20-3/h7-9,12,15,19H,4-6,10-11,13-14H2,1-3H3. The molecule has 1 aromatic carbocycles. The van der Waals surface area contributed by atoms with Gasteiger partial charge in [-0.2, -0.15) is 0 Å². The topological polar surface area (TPSA) is 21.3 Å². The van der Waals surface area contributed by atoms with E-state index in [1.807, 2.05) is 6.07 Å². The second-order valence-electron chi connectivity index (χ2n) is 6.60. The Morgan fingerprint density at radius 1 is 1.20 bits per heavy atom. The number of rotatable bonds is 6. The molecule has 1 N–H and O–H groups in total. The van der Waals surface area contributed by atoms with Gasteiger partial charge in [0.1, 0.15) is 5.75 Å². The Hall–Kier alpha value is -1.02. The summed E-state index contributed by atoms with van der Waals surface area (Å²) in [6.45, 7) is 6.74. The van der Waals surface area contributed by atoms with Crippen LogP contribution in [-0.2, 0) is 5.41 Å². The van der Waals surface area contributed by atoms with Crippen molar-refractivity contribution in [3.8, 4) is 5.75 Å². The molecule has 2 heteroatoms. The van der Waals surface area contributed by atoms with Gasteiger partial charge in [0.2, 0.25) is 0 Å². The molecule has 0 saturated heterocycles. The summed E-state index contributed by atoms with van der Waals surface area (Å²) in [5, 5.41) is 3.69. The summed E-state index contributed by atoms with van der Waals surface area (Å²) < 4.78 is 5.41. The van der Waals surface area contributed by atoms with Crippen LogP contribution in [0.5, 0.6) is 5.75 Å². The predicted octanol–water partition coefficient (Wildman–Crippen LogP) is 4.14. The fraction of sp³-hybridized carbons (Fsp3) is 0.667. The van der Waals surface area contributed by atoms with E-state index < -0.39 is 0 Å². The molecule has 0 bridgehead atoms. The zero-order valence-electron chi connectivity index (χ0n) is 13.2. The van der Waals surface area contributed by atoms with Gasteiger partial charge >= 0.3 is 0 Å². The molecule has 20 heavy (non-hydrogen) atoms. The molecule has 2 nitrogen and oxygen atoms in total. The summed E-state index contributed by atoms with van der Waals surface area (Å²) in [7, 11) is 1.75. The lowest BCUT2D eigenvalue weighted by Gasteiger charge is -2.38. The summed E-state index contributed by atoms with van der Waals surface area (Å²) >= 11 is 0. The maximum atomic E-state index is 5.41. The molecule has 0 heterocycles. The molecule has 0 unspecified atom stereocenters. The third-order valence-electron chi connectivity index (χ3n) is 4.51. The van der Waals surface area contributed by atoms with Gasteiger partial charge in [-0.15, -0.1) is 0 Å². The zero-order valence-corrected chi connectivity index (χ0v) is 13.2. The van der Waals surface area contributed by atoms with Gasteiger partial charge in [0.25, 0.3) is 0 Å². The Morgan fingerprint density at radius 2 is 1.95 bits per heavy atom. The van der Waals surface area contributed by atoms with E-state index >= 15 is 0 Å². The Kier molecular flexibility index (Phi) is 5.47. The van der Waals surface area contributed by atoms with Gasteiger partial charge in [-0.1, -0.05) is 45.2 Å². The van der Waals surface area contributed by atoms with Gasteiger partial charge < -0.3 is 10.1 Å². The largest absolute Gasteiger partial charge is 0.497 e. The van der Waals surface area contributed by atoms with Crippen molar-refractivity contribution in [1.82, 2.24) is 5.32 Å². The van der Waals surface area contributed by atoms with Crippen LogP contribution in [0.3, 0.4) is 0 Å². The molecule has 1 aromatic rings. The Balaban J connectivity index is 2.16. The molecule has 0 spiro atoms. The molecule has 0 aromatic heterocycles.